The van der Waals surface area contributed by atoms with Crippen LogP contribution in [0.1, 0.15) is 38.2 Å². The van der Waals surface area contributed by atoms with E-state index in [1.54, 1.807) is 20.1 Å². The second kappa shape index (κ2) is 7.20. The number of nitrogens with one attached hydrogen (secondary N) is 1. The Balaban J connectivity index is 1.35. The van der Waals surface area contributed by atoms with E-state index in [0.717, 1.165) is 16.9 Å². The Morgan fingerprint density at radius 3 is 2.77 bits per heavy atom. The number of hydrogen-bond donors (Lipinski definition) is 3. The molecule has 0 unspecified atom stereocenters. The van der Waals surface area contributed by atoms with Gasteiger partial charge in [0.15, 0.2) is 0 Å². The summed E-state index contributed by atoms with van der Waals surface area (Å²) in [6, 6.07) is 7.74. The van der Waals surface area contributed by atoms with Gasteiger partial charge in [-0.25, -0.2) is 0 Å². The van der Waals surface area contributed by atoms with Crippen LogP contribution in [0.5, 0.6) is 5.75 Å². The van der Waals surface area contributed by atoms with Crippen LogP contribution in [0.2, 0.25) is 0 Å². The molecule has 1 saturated heterocycles. The number of methoxy groups -OCH3 is 1. The standard InChI is InChI=1S/C28H33NO6/c1-16-14-26-15-27(16,33)11-8-19(26)28-12-9-20(30)25(2,24(32)35-28)22(28)21(26)23(31)29-13-10-17-4-6-18(34-3)7-5-17/h4-7,9,12,19-22,30,33H,1,8,10-11,13-15H2,2-3H3,(H,29,31)/t19-,20+,21-,22-,25+,26+,27+,28-/m1/s1. The fourth-order valence-corrected chi connectivity index (χ4v) is 8.39. The van der Waals surface area contributed by atoms with Gasteiger partial charge in [-0.1, -0.05) is 24.8 Å². The van der Waals surface area contributed by atoms with E-state index in [-0.39, 0.29) is 11.8 Å². The number of benzene rings is 1. The molecule has 4 aliphatic carbocycles. The summed E-state index contributed by atoms with van der Waals surface area (Å²) in [5, 5.41) is 25.4. The Morgan fingerprint density at radius 2 is 2.06 bits per heavy atom. The lowest BCUT2D eigenvalue weighted by molar-refractivity contribution is -0.160. The maximum atomic E-state index is 14.0. The van der Waals surface area contributed by atoms with E-state index in [1.807, 2.05) is 30.3 Å². The number of carbonyl (C=O) groups is 2. The molecule has 186 valence electrons. The molecule has 0 aromatic heterocycles. The molecule has 0 radical (unpaired) electrons. The van der Waals surface area contributed by atoms with Crippen molar-refractivity contribution in [1.29, 1.82) is 0 Å². The van der Waals surface area contributed by atoms with Gasteiger partial charge in [0.05, 0.1) is 24.7 Å². The Labute approximate surface area is 205 Å². The number of aliphatic hydroxyl groups is 2. The monoisotopic (exact) mass is 479 g/mol. The van der Waals surface area contributed by atoms with E-state index in [1.165, 1.54) is 0 Å². The predicted octanol–water partition coefficient (Wildman–Crippen LogP) is 2.31. The molecule has 4 bridgehead atoms. The molecule has 1 aliphatic heterocycles. The van der Waals surface area contributed by atoms with Crippen LogP contribution in [0.3, 0.4) is 0 Å². The van der Waals surface area contributed by atoms with Crippen LogP contribution in [0.15, 0.2) is 48.6 Å². The third-order valence-electron chi connectivity index (χ3n) is 10.0. The summed E-state index contributed by atoms with van der Waals surface area (Å²) in [5.41, 5.74) is -1.85. The molecule has 1 aromatic rings. The van der Waals surface area contributed by atoms with Gasteiger partial charge in [-0.2, -0.15) is 0 Å². The third kappa shape index (κ3) is 2.74. The summed E-state index contributed by atoms with van der Waals surface area (Å²) in [5.74, 6) is -0.980. The van der Waals surface area contributed by atoms with Crippen molar-refractivity contribution in [2.45, 2.75) is 56.3 Å². The molecule has 1 amide bonds. The maximum absolute atomic E-state index is 14.0. The molecular weight excluding hydrogens is 446 g/mol. The Morgan fingerprint density at radius 1 is 1.31 bits per heavy atom. The summed E-state index contributed by atoms with van der Waals surface area (Å²) < 4.78 is 11.4. The third-order valence-corrected chi connectivity index (χ3v) is 10.0. The fraction of sp³-hybridized carbons (Fsp3) is 0.571. The molecule has 6 rings (SSSR count). The van der Waals surface area contributed by atoms with Crippen LogP contribution in [0.4, 0.5) is 0 Å². The van der Waals surface area contributed by atoms with Crippen LogP contribution in [0.25, 0.3) is 0 Å². The number of rotatable bonds is 5. The van der Waals surface area contributed by atoms with E-state index >= 15 is 0 Å². The first-order valence-electron chi connectivity index (χ1n) is 12.5. The molecule has 8 atom stereocenters. The molecule has 5 aliphatic rings. The lowest BCUT2D eigenvalue weighted by atomic mass is 9.60. The van der Waals surface area contributed by atoms with Crippen molar-refractivity contribution >= 4 is 11.9 Å². The molecule has 1 heterocycles. The minimum atomic E-state index is -1.21. The van der Waals surface area contributed by atoms with Gasteiger partial charge >= 0.3 is 5.97 Å². The number of hydrogen-bond acceptors (Lipinski definition) is 6. The minimum Gasteiger partial charge on any atom is -0.497 e. The van der Waals surface area contributed by atoms with Crippen molar-refractivity contribution in [2.24, 2.45) is 28.6 Å². The molecular formula is C28H33NO6. The summed E-state index contributed by atoms with van der Waals surface area (Å²) in [6.45, 7) is 6.37. The Kier molecular flexibility index (Phi) is 4.69. The van der Waals surface area contributed by atoms with Crippen LogP contribution in [-0.2, 0) is 20.7 Å². The van der Waals surface area contributed by atoms with Crippen LogP contribution < -0.4 is 10.1 Å². The maximum Gasteiger partial charge on any atom is 0.316 e. The lowest BCUT2D eigenvalue weighted by Gasteiger charge is -2.44. The summed E-state index contributed by atoms with van der Waals surface area (Å²) >= 11 is 0. The predicted molar refractivity (Wildman–Crippen MR) is 127 cm³/mol. The van der Waals surface area contributed by atoms with Gasteiger partial charge in [0, 0.05) is 18.4 Å². The fourth-order valence-electron chi connectivity index (χ4n) is 8.39. The van der Waals surface area contributed by atoms with E-state index in [2.05, 4.69) is 11.9 Å². The first-order valence-corrected chi connectivity index (χ1v) is 12.5. The van der Waals surface area contributed by atoms with Gasteiger partial charge in [0.1, 0.15) is 16.8 Å². The average Bonchev–Trinajstić information content (AvgIpc) is 3.26. The summed E-state index contributed by atoms with van der Waals surface area (Å²) in [7, 11) is 1.62. The normalized spacial score (nSPS) is 44.6. The Hall–Kier alpha value is -2.64. The van der Waals surface area contributed by atoms with E-state index in [4.69, 9.17) is 9.47 Å². The first-order chi connectivity index (χ1) is 16.6. The molecule has 7 heteroatoms. The van der Waals surface area contributed by atoms with Crippen LogP contribution >= 0.6 is 0 Å². The highest BCUT2D eigenvalue weighted by Gasteiger charge is 2.83. The zero-order valence-electron chi connectivity index (χ0n) is 20.3. The number of carbonyl (C=O) groups excluding carboxylic acids is 2. The van der Waals surface area contributed by atoms with Crippen molar-refractivity contribution in [3.63, 3.8) is 0 Å². The lowest BCUT2D eigenvalue weighted by Crippen LogP contribution is -2.52. The summed E-state index contributed by atoms with van der Waals surface area (Å²) in [6.07, 6.45) is 5.30. The number of aliphatic hydroxyl groups excluding tert-OH is 1. The van der Waals surface area contributed by atoms with E-state index in [9.17, 15) is 19.8 Å². The van der Waals surface area contributed by atoms with Crippen molar-refractivity contribution in [3.05, 3.63) is 54.1 Å². The molecule has 1 aromatic carbocycles. The number of esters is 1. The molecule has 3 N–H and O–H groups in total. The number of fused-ring (bicyclic) bond motifs is 1. The smallest absolute Gasteiger partial charge is 0.316 e. The van der Waals surface area contributed by atoms with Crippen molar-refractivity contribution in [3.8, 4) is 5.75 Å². The highest BCUT2D eigenvalue weighted by atomic mass is 16.6. The average molecular weight is 480 g/mol. The molecule has 35 heavy (non-hydrogen) atoms. The van der Waals surface area contributed by atoms with Gasteiger partial charge in [-0.05, 0) is 73.8 Å². The van der Waals surface area contributed by atoms with Gasteiger partial charge in [0.25, 0.3) is 0 Å². The van der Waals surface area contributed by atoms with Gasteiger partial charge in [-0.3, -0.25) is 9.59 Å². The van der Waals surface area contributed by atoms with Crippen LogP contribution in [0, 0.1) is 28.6 Å². The molecule has 4 fully saturated rings. The van der Waals surface area contributed by atoms with Crippen LogP contribution in [-0.4, -0.2) is 53.1 Å². The van der Waals surface area contributed by atoms with Gasteiger partial charge in [0.2, 0.25) is 5.91 Å². The molecule has 7 nitrogen and oxygen atoms in total. The highest BCUT2D eigenvalue weighted by molar-refractivity contribution is 5.88. The summed E-state index contributed by atoms with van der Waals surface area (Å²) in [4.78, 5) is 27.2. The largest absolute Gasteiger partial charge is 0.497 e. The second-order valence-corrected chi connectivity index (χ2v) is 11.5. The molecule has 3 saturated carbocycles. The van der Waals surface area contributed by atoms with Gasteiger partial charge < -0.3 is 25.0 Å². The molecule has 1 spiro atoms. The van der Waals surface area contributed by atoms with E-state index in [0.29, 0.717) is 38.6 Å². The van der Waals surface area contributed by atoms with Crippen molar-refractivity contribution < 1.29 is 29.3 Å². The zero-order valence-corrected chi connectivity index (χ0v) is 20.3. The SMILES string of the molecule is C=C1C[C@]23C[C@@]1(O)CC[C@H]2[C@@]12C=C[C@H](O)[C@](C)(C(=O)O1)[C@H]2[C@@H]3C(=O)NCCc1ccc(OC)cc1. The van der Waals surface area contributed by atoms with Gasteiger partial charge in [-0.15, -0.1) is 0 Å². The quantitative estimate of drug-likeness (QED) is 0.442. The van der Waals surface area contributed by atoms with Crippen molar-refractivity contribution in [1.82, 2.24) is 5.32 Å². The highest BCUT2D eigenvalue weighted by Crippen LogP contribution is 2.77. The zero-order chi connectivity index (χ0) is 24.8. The first kappa shape index (κ1) is 22.8. The second-order valence-electron chi connectivity index (χ2n) is 11.5. The minimum absolute atomic E-state index is 0.105. The number of amides is 1. The van der Waals surface area contributed by atoms with Crippen molar-refractivity contribution in [2.75, 3.05) is 13.7 Å². The topological polar surface area (TPSA) is 105 Å². The number of ether oxygens (including phenoxy) is 2. The Bertz CT molecular complexity index is 1140. The van der Waals surface area contributed by atoms with E-state index < -0.39 is 45.9 Å².